The van der Waals surface area contributed by atoms with Gasteiger partial charge in [-0.25, -0.2) is 0 Å². The molecule has 0 spiro atoms. The van der Waals surface area contributed by atoms with E-state index in [-0.39, 0.29) is 0 Å². The Balaban J connectivity index is 1.99. The van der Waals surface area contributed by atoms with E-state index in [1.54, 1.807) is 0 Å². The van der Waals surface area contributed by atoms with Gasteiger partial charge in [-0.15, -0.1) is 0 Å². The second-order valence-corrected chi connectivity index (χ2v) is 5.31. The summed E-state index contributed by atoms with van der Waals surface area (Å²) in [6, 6.07) is 8.85. The van der Waals surface area contributed by atoms with Crippen molar-refractivity contribution >= 4 is 11.6 Å². The van der Waals surface area contributed by atoms with Crippen molar-refractivity contribution in [3.05, 3.63) is 34.9 Å². The molecule has 1 fully saturated rings. The number of nitrogens with one attached hydrogen (secondary N) is 1. The fourth-order valence-electron chi connectivity index (χ4n) is 2.47. The lowest BCUT2D eigenvalue weighted by atomic mass is 10.0. The second kappa shape index (κ2) is 5.20. The van der Waals surface area contributed by atoms with E-state index in [2.05, 4.69) is 31.3 Å². The van der Waals surface area contributed by atoms with E-state index in [1.165, 1.54) is 12.0 Å². The molecule has 1 aromatic carbocycles. The Morgan fingerprint density at radius 3 is 2.81 bits per heavy atom. The van der Waals surface area contributed by atoms with Gasteiger partial charge in [0.2, 0.25) is 0 Å². The molecule has 1 saturated carbocycles. The first-order valence-corrected chi connectivity index (χ1v) is 6.56. The van der Waals surface area contributed by atoms with Crippen molar-refractivity contribution in [2.75, 3.05) is 6.54 Å². The number of hydrogen-bond acceptors (Lipinski definition) is 1. The molecule has 0 aromatic heterocycles. The topological polar surface area (TPSA) is 12.0 Å². The number of hydrogen-bond donors (Lipinski definition) is 1. The van der Waals surface area contributed by atoms with Crippen LogP contribution < -0.4 is 5.32 Å². The van der Waals surface area contributed by atoms with E-state index >= 15 is 0 Å². The van der Waals surface area contributed by atoms with Gasteiger partial charge in [0, 0.05) is 11.1 Å². The van der Waals surface area contributed by atoms with Crippen molar-refractivity contribution in [2.24, 2.45) is 11.8 Å². The van der Waals surface area contributed by atoms with Crippen LogP contribution in [0, 0.1) is 11.8 Å². The molecule has 0 saturated heterocycles. The van der Waals surface area contributed by atoms with Gasteiger partial charge in [-0.1, -0.05) is 37.6 Å². The molecule has 2 rings (SSSR count). The molecule has 1 aromatic rings. The van der Waals surface area contributed by atoms with Crippen LogP contribution in [-0.4, -0.2) is 12.6 Å². The van der Waals surface area contributed by atoms with Crippen molar-refractivity contribution in [3.8, 4) is 0 Å². The third-order valence-electron chi connectivity index (χ3n) is 3.50. The first kappa shape index (κ1) is 11.9. The van der Waals surface area contributed by atoms with E-state index in [1.807, 2.05) is 12.1 Å². The van der Waals surface area contributed by atoms with E-state index in [9.17, 15) is 0 Å². The molecule has 1 aliphatic carbocycles. The average Bonchev–Trinajstić information content (AvgIpc) is 2.95. The lowest BCUT2D eigenvalue weighted by Crippen LogP contribution is -2.33. The van der Waals surface area contributed by atoms with Crippen LogP contribution in [0.25, 0.3) is 0 Å². The predicted molar refractivity (Wildman–Crippen MR) is 69.9 cm³/mol. The zero-order valence-corrected chi connectivity index (χ0v) is 10.8. The third-order valence-corrected chi connectivity index (χ3v) is 3.73. The van der Waals surface area contributed by atoms with Crippen molar-refractivity contribution in [2.45, 2.75) is 32.7 Å². The summed E-state index contributed by atoms with van der Waals surface area (Å²) in [4.78, 5) is 0. The molecule has 1 aliphatic rings. The Morgan fingerprint density at radius 2 is 2.25 bits per heavy atom. The maximum absolute atomic E-state index is 6.01. The van der Waals surface area contributed by atoms with Gasteiger partial charge >= 0.3 is 0 Å². The Kier molecular flexibility index (Phi) is 3.88. The summed E-state index contributed by atoms with van der Waals surface area (Å²) in [6.07, 6.45) is 2.47. The van der Waals surface area contributed by atoms with Gasteiger partial charge in [0.05, 0.1) is 0 Å². The summed E-state index contributed by atoms with van der Waals surface area (Å²) in [6.45, 7) is 5.57. The Labute approximate surface area is 103 Å². The van der Waals surface area contributed by atoms with Gasteiger partial charge in [-0.2, -0.15) is 0 Å². The van der Waals surface area contributed by atoms with Crippen molar-refractivity contribution in [1.29, 1.82) is 0 Å². The van der Waals surface area contributed by atoms with E-state index in [4.69, 9.17) is 11.6 Å². The molecule has 3 atom stereocenters. The quantitative estimate of drug-likeness (QED) is 0.827. The highest BCUT2D eigenvalue weighted by molar-refractivity contribution is 6.30. The number of rotatable bonds is 5. The Bertz CT molecular complexity index is 350. The van der Waals surface area contributed by atoms with E-state index < -0.39 is 0 Å². The summed E-state index contributed by atoms with van der Waals surface area (Å²) >= 11 is 6.01. The van der Waals surface area contributed by atoms with Gasteiger partial charge in [0.25, 0.3) is 0 Å². The summed E-state index contributed by atoms with van der Waals surface area (Å²) in [7, 11) is 0. The molecule has 16 heavy (non-hydrogen) atoms. The fourth-order valence-corrected chi connectivity index (χ4v) is 2.68. The normalized spacial score (nSPS) is 25.4. The molecular weight excluding hydrogens is 218 g/mol. The molecule has 1 nitrogen and oxygen atoms in total. The number of likely N-dealkylation sites (N-methyl/N-ethyl adjacent to an activating group) is 1. The van der Waals surface area contributed by atoms with Crippen LogP contribution in [0.15, 0.2) is 24.3 Å². The molecule has 2 heteroatoms. The Morgan fingerprint density at radius 1 is 1.50 bits per heavy atom. The monoisotopic (exact) mass is 237 g/mol. The van der Waals surface area contributed by atoms with Gasteiger partial charge in [-0.3, -0.25) is 0 Å². The highest BCUT2D eigenvalue weighted by atomic mass is 35.5. The van der Waals surface area contributed by atoms with E-state index in [0.717, 1.165) is 29.8 Å². The molecule has 3 unspecified atom stereocenters. The van der Waals surface area contributed by atoms with Crippen molar-refractivity contribution < 1.29 is 0 Å². The third kappa shape index (κ3) is 2.99. The van der Waals surface area contributed by atoms with Crippen LogP contribution >= 0.6 is 11.6 Å². The SMILES string of the molecule is CCNC(Cc1cccc(Cl)c1)C1CC1C. The van der Waals surface area contributed by atoms with Gasteiger partial charge < -0.3 is 5.32 Å². The second-order valence-electron chi connectivity index (χ2n) is 4.88. The van der Waals surface area contributed by atoms with Gasteiger partial charge in [-0.05, 0) is 48.9 Å². The molecule has 0 amide bonds. The zero-order valence-electron chi connectivity index (χ0n) is 10.0. The molecule has 1 N–H and O–H groups in total. The summed E-state index contributed by atoms with van der Waals surface area (Å²) in [5.74, 6) is 1.75. The van der Waals surface area contributed by atoms with Crippen LogP contribution in [0.1, 0.15) is 25.8 Å². The molecule has 0 aliphatic heterocycles. The Hall–Kier alpha value is -0.530. The van der Waals surface area contributed by atoms with Crippen molar-refractivity contribution in [3.63, 3.8) is 0 Å². The summed E-state index contributed by atoms with van der Waals surface area (Å²) in [5.41, 5.74) is 1.34. The molecule has 0 radical (unpaired) electrons. The zero-order chi connectivity index (χ0) is 11.5. The molecule has 0 bridgehead atoms. The minimum absolute atomic E-state index is 0.624. The standard InChI is InChI=1S/C14H20ClN/c1-3-16-14(13-7-10(13)2)9-11-5-4-6-12(15)8-11/h4-6,8,10,13-14,16H,3,7,9H2,1-2H3. The van der Waals surface area contributed by atoms with Crippen LogP contribution in [0.4, 0.5) is 0 Å². The number of benzene rings is 1. The molecular formula is C14H20ClN. The minimum atomic E-state index is 0.624. The largest absolute Gasteiger partial charge is 0.314 e. The van der Waals surface area contributed by atoms with Gasteiger partial charge in [0.1, 0.15) is 0 Å². The minimum Gasteiger partial charge on any atom is -0.314 e. The van der Waals surface area contributed by atoms with E-state index in [0.29, 0.717) is 6.04 Å². The first-order valence-electron chi connectivity index (χ1n) is 6.18. The first-order chi connectivity index (χ1) is 7.70. The van der Waals surface area contributed by atoms with Crippen LogP contribution in [0.3, 0.4) is 0 Å². The van der Waals surface area contributed by atoms with Crippen LogP contribution in [-0.2, 0) is 6.42 Å². The maximum Gasteiger partial charge on any atom is 0.0408 e. The predicted octanol–water partition coefficient (Wildman–Crippen LogP) is 3.52. The van der Waals surface area contributed by atoms with Crippen molar-refractivity contribution in [1.82, 2.24) is 5.32 Å². The molecule has 88 valence electrons. The fraction of sp³-hybridized carbons (Fsp3) is 0.571. The maximum atomic E-state index is 6.01. The highest BCUT2D eigenvalue weighted by Gasteiger charge is 2.38. The summed E-state index contributed by atoms with van der Waals surface area (Å²) in [5, 5.41) is 4.44. The smallest absolute Gasteiger partial charge is 0.0408 e. The van der Waals surface area contributed by atoms with Gasteiger partial charge in [0.15, 0.2) is 0 Å². The van der Waals surface area contributed by atoms with Crippen LogP contribution in [0.5, 0.6) is 0 Å². The lowest BCUT2D eigenvalue weighted by molar-refractivity contribution is 0.454. The van der Waals surface area contributed by atoms with Crippen LogP contribution in [0.2, 0.25) is 5.02 Å². The highest BCUT2D eigenvalue weighted by Crippen LogP contribution is 2.41. The average molecular weight is 238 g/mol. The lowest BCUT2D eigenvalue weighted by Gasteiger charge is -2.18. The summed E-state index contributed by atoms with van der Waals surface area (Å²) < 4.78 is 0. The molecule has 0 heterocycles. The number of halogens is 1.